The zero-order chi connectivity index (χ0) is 11.1. The van der Waals surface area contributed by atoms with Gasteiger partial charge < -0.3 is 15.7 Å². The molecule has 0 bridgehead atoms. The first-order chi connectivity index (χ1) is 6.49. The van der Waals surface area contributed by atoms with Crippen LogP contribution in [0.2, 0.25) is 0 Å². The number of hydrogen-bond acceptors (Lipinski definition) is 3. The van der Waals surface area contributed by atoms with Gasteiger partial charge in [-0.3, -0.25) is 9.59 Å². The van der Waals surface area contributed by atoms with Crippen LogP contribution in [0.5, 0.6) is 0 Å². The number of carbonyl (C=O) groups is 2. The van der Waals surface area contributed by atoms with Crippen molar-refractivity contribution in [1.29, 1.82) is 0 Å². The van der Waals surface area contributed by atoms with Gasteiger partial charge in [0.15, 0.2) is 0 Å². The molecule has 82 valence electrons. The third-order valence-corrected chi connectivity index (χ3v) is 1.91. The van der Waals surface area contributed by atoms with Gasteiger partial charge in [0.2, 0.25) is 5.91 Å². The summed E-state index contributed by atoms with van der Waals surface area (Å²) in [6, 6.07) is 0.0693. The highest BCUT2D eigenvalue weighted by Crippen LogP contribution is 2.01. The monoisotopic (exact) mass is 202 g/mol. The molecule has 0 aliphatic heterocycles. The average Bonchev–Trinajstić information content (AvgIpc) is 2.10. The van der Waals surface area contributed by atoms with Gasteiger partial charge in [-0.2, -0.15) is 0 Å². The number of nitrogens with zero attached hydrogens (tertiary/aromatic N) is 1. The second-order valence-corrected chi connectivity index (χ2v) is 3.38. The van der Waals surface area contributed by atoms with E-state index in [9.17, 15) is 9.59 Å². The van der Waals surface area contributed by atoms with Crippen molar-refractivity contribution in [2.45, 2.75) is 32.7 Å². The number of amides is 1. The predicted molar refractivity (Wildman–Crippen MR) is 52.8 cm³/mol. The summed E-state index contributed by atoms with van der Waals surface area (Å²) in [7, 11) is 0. The molecule has 0 aliphatic carbocycles. The Hall–Kier alpha value is -1.10. The van der Waals surface area contributed by atoms with Crippen molar-refractivity contribution in [2.24, 2.45) is 5.73 Å². The van der Waals surface area contributed by atoms with Crippen LogP contribution >= 0.6 is 0 Å². The average molecular weight is 202 g/mol. The molecule has 0 aromatic carbocycles. The molecule has 0 aliphatic rings. The van der Waals surface area contributed by atoms with Crippen LogP contribution in [0.1, 0.15) is 26.7 Å². The normalized spacial score (nSPS) is 10.3. The number of nitrogens with two attached hydrogens (primary N) is 1. The minimum absolute atomic E-state index is 0.0226. The summed E-state index contributed by atoms with van der Waals surface area (Å²) in [6.07, 6.45) is 0.556. The number of hydrogen-bond donors (Lipinski definition) is 2. The van der Waals surface area contributed by atoms with Crippen LogP contribution < -0.4 is 5.73 Å². The first-order valence-corrected chi connectivity index (χ1v) is 4.70. The minimum Gasteiger partial charge on any atom is -0.481 e. The Kier molecular flexibility index (Phi) is 5.87. The van der Waals surface area contributed by atoms with Crippen molar-refractivity contribution in [2.75, 3.05) is 13.1 Å². The Morgan fingerprint density at radius 2 is 2.00 bits per heavy atom. The van der Waals surface area contributed by atoms with Crippen molar-refractivity contribution in [1.82, 2.24) is 4.90 Å². The van der Waals surface area contributed by atoms with Gasteiger partial charge in [0.25, 0.3) is 0 Å². The van der Waals surface area contributed by atoms with Crippen molar-refractivity contribution < 1.29 is 14.7 Å². The number of aliphatic carboxylic acids is 1. The van der Waals surface area contributed by atoms with Gasteiger partial charge in [-0.1, -0.05) is 0 Å². The number of carboxylic acid groups (broad SMARTS) is 1. The standard InChI is InChI=1S/C9H18N2O3/c1-7(2)11(8(12)6-10)5-3-4-9(13)14/h7H,3-6,10H2,1-2H3,(H,13,14). The topological polar surface area (TPSA) is 83.6 Å². The van der Waals surface area contributed by atoms with E-state index in [2.05, 4.69) is 0 Å². The Morgan fingerprint density at radius 1 is 1.43 bits per heavy atom. The third-order valence-electron chi connectivity index (χ3n) is 1.91. The molecule has 0 unspecified atom stereocenters. The van der Waals surface area contributed by atoms with Gasteiger partial charge in [0.05, 0.1) is 6.54 Å². The van der Waals surface area contributed by atoms with Crippen LogP contribution in [-0.2, 0) is 9.59 Å². The highest BCUT2D eigenvalue weighted by molar-refractivity contribution is 5.78. The zero-order valence-corrected chi connectivity index (χ0v) is 8.69. The lowest BCUT2D eigenvalue weighted by Crippen LogP contribution is -2.41. The molecule has 1 amide bonds. The van der Waals surface area contributed by atoms with Crippen LogP contribution in [-0.4, -0.2) is 41.0 Å². The lowest BCUT2D eigenvalue weighted by molar-refractivity contribution is -0.138. The van der Waals surface area contributed by atoms with E-state index in [1.54, 1.807) is 4.90 Å². The zero-order valence-electron chi connectivity index (χ0n) is 8.69. The molecule has 0 heterocycles. The van der Waals surface area contributed by atoms with Crippen molar-refractivity contribution in [3.05, 3.63) is 0 Å². The predicted octanol–water partition coefficient (Wildman–Crippen LogP) is 0.0469. The summed E-state index contributed by atoms with van der Waals surface area (Å²) in [4.78, 5) is 23.1. The summed E-state index contributed by atoms with van der Waals surface area (Å²) < 4.78 is 0. The van der Waals surface area contributed by atoms with Crippen LogP contribution in [0.4, 0.5) is 0 Å². The Balaban J connectivity index is 3.98. The second-order valence-electron chi connectivity index (χ2n) is 3.38. The lowest BCUT2D eigenvalue weighted by atomic mass is 10.2. The molecule has 14 heavy (non-hydrogen) atoms. The molecule has 0 radical (unpaired) electrons. The summed E-state index contributed by atoms with van der Waals surface area (Å²) in [6.45, 7) is 4.20. The molecule has 0 atom stereocenters. The first-order valence-electron chi connectivity index (χ1n) is 4.70. The summed E-state index contributed by atoms with van der Waals surface area (Å²) in [5, 5.41) is 8.43. The highest BCUT2D eigenvalue weighted by Gasteiger charge is 2.14. The van der Waals surface area contributed by atoms with E-state index in [1.165, 1.54) is 0 Å². The molecule has 5 heteroatoms. The van der Waals surface area contributed by atoms with E-state index >= 15 is 0 Å². The van der Waals surface area contributed by atoms with Crippen molar-refractivity contribution in [3.63, 3.8) is 0 Å². The molecule has 0 aromatic rings. The molecular weight excluding hydrogens is 184 g/mol. The van der Waals surface area contributed by atoms with E-state index in [0.29, 0.717) is 13.0 Å². The van der Waals surface area contributed by atoms with Crippen LogP contribution in [0, 0.1) is 0 Å². The lowest BCUT2D eigenvalue weighted by Gasteiger charge is -2.25. The van der Waals surface area contributed by atoms with E-state index in [0.717, 1.165) is 0 Å². The van der Waals surface area contributed by atoms with E-state index in [4.69, 9.17) is 10.8 Å². The summed E-state index contributed by atoms with van der Waals surface area (Å²) in [5.41, 5.74) is 5.23. The Morgan fingerprint density at radius 3 is 2.36 bits per heavy atom. The fraction of sp³-hybridized carbons (Fsp3) is 0.778. The van der Waals surface area contributed by atoms with Gasteiger partial charge >= 0.3 is 5.97 Å². The molecule has 0 aromatic heterocycles. The number of rotatable bonds is 6. The third kappa shape index (κ3) is 4.81. The summed E-state index contributed by atoms with van der Waals surface area (Å²) in [5.74, 6) is -0.973. The quantitative estimate of drug-likeness (QED) is 0.637. The molecule has 0 saturated heterocycles. The van der Waals surface area contributed by atoms with Gasteiger partial charge in [-0.05, 0) is 20.3 Å². The molecular formula is C9H18N2O3. The smallest absolute Gasteiger partial charge is 0.303 e. The largest absolute Gasteiger partial charge is 0.481 e. The molecule has 0 fully saturated rings. The van der Waals surface area contributed by atoms with Crippen molar-refractivity contribution >= 4 is 11.9 Å². The maximum Gasteiger partial charge on any atom is 0.303 e. The molecule has 0 saturated carbocycles. The van der Waals surface area contributed by atoms with Crippen LogP contribution in [0.3, 0.4) is 0 Å². The molecule has 0 spiro atoms. The first kappa shape index (κ1) is 12.9. The van der Waals surface area contributed by atoms with Gasteiger partial charge in [-0.15, -0.1) is 0 Å². The van der Waals surface area contributed by atoms with E-state index in [-0.39, 0.29) is 24.9 Å². The SMILES string of the molecule is CC(C)N(CCCC(=O)O)C(=O)CN. The molecule has 5 nitrogen and oxygen atoms in total. The fourth-order valence-electron chi connectivity index (χ4n) is 1.19. The fourth-order valence-corrected chi connectivity index (χ4v) is 1.19. The summed E-state index contributed by atoms with van der Waals surface area (Å²) >= 11 is 0. The van der Waals surface area contributed by atoms with Crippen LogP contribution in [0.25, 0.3) is 0 Å². The van der Waals surface area contributed by atoms with E-state index in [1.807, 2.05) is 13.8 Å². The number of carboxylic acids is 1. The van der Waals surface area contributed by atoms with E-state index < -0.39 is 5.97 Å². The Bertz CT molecular complexity index is 204. The molecule has 3 N–H and O–H groups in total. The maximum absolute atomic E-state index is 11.3. The van der Waals surface area contributed by atoms with Gasteiger partial charge in [-0.25, -0.2) is 0 Å². The van der Waals surface area contributed by atoms with Gasteiger partial charge in [0.1, 0.15) is 0 Å². The maximum atomic E-state index is 11.3. The number of carbonyl (C=O) groups excluding carboxylic acids is 1. The Labute approximate surface area is 83.9 Å². The van der Waals surface area contributed by atoms with Crippen LogP contribution in [0.15, 0.2) is 0 Å². The second kappa shape index (κ2) is 6.37. The van der Waals surface area contributed by atoms with Crippen molar-refractivity contribution in [3.8, 4) is 0 Å². The highest BCUT2D eigenvalue weighted by atomic mass is 16.4. The van der Waals surface area contributed by atoms with Gasteiger partial charge in [0, 0.05) is 19.0 Å². The molecule has 0 rings (SSSR count). The minimum atomic E-state index is -0.839.